The SMILES string of the molecule is Cc1ccc(C=CC(=O)C(C)(C)C)cc1C. The fourth-order valence-electron chi connectivity index (χ4n) is 1.29. The van der Waals surface area contributed by atoms with E-state index in [-0.39, 0.29) is 11.2 Å². The van der Waals surface area contributed by atoms with Crippen molar-refractivity contribution in [2.75, 3.05) is 0 Å². The van der Waals surface area contributed by atoms with Gasteiger partial charge in [0.2, 0.25) is 0 Å². The van der Waals surface area contributed by atoms with Crippen LogP contribution in [0.1, 0.15) is 37.5 Å². The first-order chi connectivity index (χ1) is 7.30. The zero-order chi connectivity index (χ0) is 12.3. The Bertz CT molecular complexity index is 420. The molecule has 0 saturated heterocycles. The number of allylic oxidation sites excluding steroid dienone is 1. The van der Waals surface area contributed by atoms with Gasteiger partial charge in [0.05, 0.1) is 0 Å². The highest BCUT2D eigenvalue weighted by atomic mass is 16.1. The number of carbonyl (C=O) groups is 1. The lowest BCUT2D eigenvalue weighted by atomic mass is 9.90. The van der Waals surface area contributed by atoms with Gasteiger partial charge in [-0.1, -0.05) is 45.0 Å². The molecule has 0 amide bonds. The molecule has 0 spiro atoms. The van der Waals surface area contributed by atoms with Gasteiger partial charge in [-0.15, -0.1) is 0 Å². The first-order valence-electron chi connectivity index (χ1n) is 5.60. The molecule has 0 unspecified atom stereocenters. The van der Waals surface area contributed by atoms with Crippen molar-refractivity contribution in [1.29, 1.82) is 0 Å². The maximum Gasteiger partial charge on any atom is 0.161 e. The van der Waals surface area contributed by atoms with Gasteiger partial charge < -0.3 is 0 Å². The monoisotopic (exact) mass is 216 g/mol. The number of aryl methyl sites for hydroxylation is 2. The van der Waals surface area contributed by atoms with E-state index in [2.05, 4.69) is 26.0 Å². The summed E-state index contributed by atoms with van der Waals surface area (Å²) in [6.45, 7) is 9.96. The van der Waals surface area contributed by atoms with E-state index in [1.54, 1.807) is 6.08 Å². The number of carbonyl (C=O) groups excluding carboxylic acids is 1. The summed E-state index contributed by atoms with van der Waals surface area (Å²) >= 11 is 0. The molecule has 86 valence electrons. The molecule has 1 heteroatoms. The highest BCUT2D eigenvalue weighted by Crippen LogP contribution is 2.17. The summed E-state index contributed by atoms with van der Waals surface area (Å²) in [4.78, 5) is 11.7. The van der Waals surface area contributed by atoms with Crippen LogP contribution in [0.3, 0.4) is 0 Å². The van der Waals surface area contributed by atoms with Gasteiger partial charge in [-0.2, -0.15) is 0 Å². The third-order valence-corrected chi connectivity index (χ3v) is 2.70. The normalized spacial score (nSPS) is 12.1. The number of benzene rings is 1. The van der Waals surface area contributed by atoms with E-state index in [4.69, 9.17) is 0 Å². The number of rotatable bonds is 2. The molecule has 0 atom stereocenters. The Morgan fingerprint density at radius 2 is 1.75 bits per heavy atom. The molecule has 0 aliphatic heterocycles. The Balaban J connectivity index is 2.85. The summed E-state index contributed by atoms with van der Waals surface area (Å²) < 4.78 is 0. The second kappa shape index (κ2) is 4.65. The molecule has 0 saturated carbocycles. The first kappa shape index (κ1) is 12.7. The van der Waals surface area contributed by atoms with Crippen molar-refractivity contribution < 1.29 is 4.79 Å². The molecule has 0 bridgehead atoms. The highest BCUT2D eigenvalue weighted by Gasteiger charge is 2.17. The van der Waals surface area contributed by atoms with E-state index in [1.165, 1.54) is 11.1 Å². The molecule has 0 aliphatic carbocycles. The molecule has 1 aromatic rings. The van der Waals surface area contributed by atoms with Crippen molar-refractivity contribution in [1.82, 2.24) is 0 Å². The summed E-state index contributed by atoms with van der Waals surface area (Å²) in [5.41, 5.74) is 3.32. The lowest BCUT2D eigenvalue weighted by Gasteiger charge is -2.12. The Kier molecular flexibility index (Phi) is 3.69. The van der Waals surface area contributed by atoms with Crippen LogP contribution in [-0.4, -0.2) is 5.78 Å². The minimum absolute atomic E-state index is 0.158. The topological polar surface area (TPSA) is 17.1 Å². The van der Waals surface area contributed by atoms with Crippen LogP contribution in [0.5, 0.6) is 0 Å². The summed E-state index contributed by atoms with van der Waals surface area (Å²) in [6, 6.07) is 6.22. The Morgan fingerprint density at radius 1 is 1.12 bits per heavy atom. The quantitative estimate of drug-likeness (QED) is 0.684. The van der Waals surface area contributed by atoms with Gasteiger partial charge in [0.25, 0.3) is 0 Å². The van der Waals surface area contributed by atoms with Crippen LogP contribution in [0, 0.1) is 19.3 Å². The molecule has 0 heterocycles. The smallest absolute Gasteiger partial charge is 0.161 e. The van der Waals surface area contributed by atoms with Crippen LogP contribution in [0.15, 0.2) is 24.3 Å². The molecule has 0 N–H and O–H groups in total. The first-order valence-corrected chi connectivity index (χ1v) is 5.60. The maximum atomic E-state index is 11.7. The van der Waals surface area contributed by atoms with Gasteiger partial charge in [0.1, 0.15) is 0 Å². The third-order valence-electron chi connectivity index (χ3n) is 2.70. The molecule has 1 rings (SSSR count). The van der Waals surface area contributed by atoms with Gasteiger partial charge in [-0.3, -0.25) is 4.79 Å². The lowest BCUT2D eigenvalue weighted by molar-refractivity contribution is -0.121. The summed E-state index contributed by atoms with van der Waals surface area (Å²) in [6.07, 6.45) is 3.56. The van der Waals surface area contributed by atoms with Crippen molar-refractivity contribution >= 4 is 11.9 Å². The van der Waals surface area contributed by atoms with E-state index in [1.807, 2.05) is 32.9 Å². The molecular weight excluding hydrogens is 196 g/mol. The van der Waals surface area contributed by atoms with E-state index < -0.39 is 0 Å². The average molecular weight is 216 g/mol. The van der Waals surface area contributed by atoms with E-state index in [0.29, 0.717) is 0 Å². The van der Waals surface area contributed by atoms with Gasteiger partial charge in [-0.05, 0) is 36.6 Å². The van der Waals surface area contributed by atoms with E-state index >= 15 is 0 Å². The summed E-state index contributed by atoms with van der Waals surface area (Å²) in [5.74, 6) is 0.158. The van der Waals surface area contributed by atoms with Crippen molar-refractivity contribution in [3.05, 3.63) is 41.0 Å². The van der Waals surface area contributed by atoms with Crippen LogP contribution < -0.4 is 0 Å². The van der Waals surface area contributed by atoms with Crippen molar-refractivity contribution in [2.45, 2.75) is 34.6 Å². The van der Waals surface area contributed by atoms with Crippen LogP contribution in [0.2, 0.25) is 0 Å². The van der Waals surface area contributed by atoms with E-state index in [0.717, 1.165) is 5.56 Å². The predicted octanol–water partition coefficient (Wildman–Crippen LogP) is 3.93. The molecule has 0 aliphatic rings. The Hall–Kier alpha value is -1.37. The van der Waals surface area contributed by atoms with Crippen LogP contribution in [-0.2, 0) is 4.79 Å². The van der Waals surface area contributed by atoms with E-state index in [9.17, 15) is 4.79 Å². The molecule has 0 radical (unpaired) electrons. The van der Waals surface area contributed by atoms with Gasteiger partial charge in [0.15, 0.2) is 5.78 Å². The maximum absolute atomic E-state index is 11.7. The lowest BCUT2D eigenvalue weighted by Crippen LogP contribution is -2.17. The number of ketones is 1. The standard InChI is InChI=1S/C15H20O/c1-11-6-7-13(10-12(11)2)8-9-14(16)15(3,4)5/h6-10H,1-5H3. The fraction of sp³-hybridized carbons (Fsp3) is 0.400. The molecule has 0 aromatic heterocycles. The molecular formula is C15H20O. The summed E-state index contributed by atoms with van der Waals surface area (Å²) in [5, 5.41) is 0. The van der Waals surface area contributed by atoms with Crippen LogP contribution in [0.4, 0.5) is 0 Å². The minimum Gasteiger partial charge on any atom is -0.294 e. The third kappa shape index (κ3) is 3.34. The average Bonchev–Trinajstić information content (AvgIpc) is 2.18. The number of hydrogen-bond acceptors (Lipinski definition) is 1. The minimum atomic E-state index is -0.295. The second-order valence-corrected chi connectivity index (χ2v) is 5.29. The molecule has 0 fully saturated rings. The fourth-order valence-corrected chi connectivity index (χ4v) is 1.29. The van der Waals surface area contributed by atoms with Crippen LogP contribution >= 0.6 is 0 Å². The van der Waals surface area contributed by atoms with Crippen molar-refractivity contribution in [3.8, 4) is 0 Å². The van der Waals surface area contributed by atoms with Gasteiger partial charge in [0, 0.05) is 5.41 Å². The van der Waals surface area contributed by atoms with Crippen molar-refractivity contribution in [2.24, 2.45) is 5.41 Å². The van der Waals surface area contributed by atoms with Gasteiger partial charge >= 0.3 is 0 Å². The number of hydrogen-bond donors (Lipinski definition) is 0. The zero-order valence-corrected chi connectivity index (χ0v) is 10.8. The zero-order valence-electron chi connectivity index (χ0n) is 10.8. The van der Waals surface area contributed by atoms with Crippen molar-refractivity contribution in [3.63, 3.8) is 0 Å². The molecule has 16 heavy (non-hydrogen) atoms. The second-order valence-electron chi connectivity index (χ2n) is 5.29. The Morgan fingerprint density at radius 3 is 2.25 bits per heavy atom. The van der Waals surface area contributed by atoms with Gasteiger partial charge in [-0.25, -0.2) is 0 Å². The Labute approximate surface area is 98.2 Å². The largest absolute Gasteiger partial charge is 0.294 e. The van der Waals surface area contributed by atoms with Crippen LogP contribution in [0.25, 0.3) is 6.08 Å². The predicted molar refractivity (Wildman–Crippen MR) is 69.4 cm³/mol. The molecule has 1 aromatic carbocycles. The summed E-state index contributed by atoms with van der Waals surface area (Å²) in [7, 11) is 0. The molecule has 1 nitrogen and oxygen atoms in total. The highest BCUT2D eigenvalue weighted by molar-refractivity contribution is 5.97.